The predicted octanol–water partition coefficient (Wildman–Crippen LogP) is 3.05. The Morgan fingerprint density at radius 1 is 1.35 bits per heavy atom. The standard InChI is InChI=1S/C14H17BrFNO3/c1-8(13(19)20-14(2,3)4)17-12(18)10-6-5-9(16)7-11(10)15/h5-8H,1-4H3,(H,17,18)/t8-/m1/s1. The Kier molecular flexibility index (Phi) is 5.28. The number of hydrogen-bond donors (Lipinski definition) is 1. The quantitative estimate of drug-likeness (QED) is 0.856. The van der Waals surface area contributed by atoms with Gasteiger partial charge in [-0.25, -0.2) is 9.18 Å². The molecule has 0 aromatic heterocycles. The lowest BCUT2D eigenvalue weighted by Crippen LogP contribution is -2.42. The zero-order chi connectivity index (χ0) is 15.5. The highest BCUT2D eigenvalue weighted by molar-refractivity contribution is 9.10. The van der Waals surface area contributed by atoms with E-state index in [4.69, 9.17) is 4.74 Å². The van der Waals surface area contributed by atoms with Gasteiger partial charge in [0.25, 0.3) is 5.91 Å². The molecule has 0 aliphatic carbocycles. The molecular formula is C14H17BrFNO3. The Morgan fingerprint density at radius 3 is 2.45 bits per heavy atom. The van der Waals surface area contributed by atoms with E-state index in [2.05, 4.69) is 21.2 Å². The number of nitrogens with one attached hydrogen (secondary N) is 1. The molecule has 0 bridgehead atoms. The molecule has 0 spiro atoms. The zero-order valence-corrected chi connectivity index (χ0v) is 13.4. The van der Waals surface area contributed by atoms with Crippen molar-refractivity contribution >= 4 is 27.8 Å². The van der Waals surface area contributed by atoms with Crippen LogP contribution in [0, 0.1) is 5.82 Å². The van der Waals surface area contributed by atoms with Gasteiger partial charge in [0.2, 0.25) is 0 Å². The van der Waals surface area contributed by atoms with Crippen molar-refractivity contribution in [2.45, 2.75) is 39.3 Å². The van der Waals surface area contributed by atoms with Gasteiger partial charge in [-0.2, -0.15) is 0 Å². The van der Waals surface area contributed by atoms with Crippen molar-refractivity contribution in [2.24, 2.45) is 0 Å². The third-order valence-corrected chi connectivity index (χ3v) is 2.94. The maximum atomic E-state index is 13.0. The molecule has 0 aliphatic rings. The SMILES string of the molecule is C[C@@H](NC(=O)c1ccc(F)cc1Br)C(=O)OC(C)(C)C. The van der Waals surface area contributed by atoms with E-state index in [1.54, 1.807) is 20.8 Å². The molecule has 6 heteroatoms. The van der Waals surface area contributed by atoms with E-state index in [0.717, 1.165) is 0 Å². The largest absolute Gasteiger partial charge is 0.458 e. The van der Waals surface area contributed by atoms with Crippen LogP contribution >= 0.6 is 15.9 Å². The Bertz CT molecular complexity index is 526. The van der Waals surface area contributed by atoms with Crippen molar-refractivity contribution in [2.75, 3.05) is 0 Å². The molecule has 0 heterocycles. The maximum absolute atomic E-state index is 13.0. The van der Waals surface area contributed by atoms with Gasteiger partial charge in [-0.05, 0) is 61.8 Å². The molecule has 1 N–H and O–H groups in total. The summed E-state index contributed by atoms with van der Waals surface area (Å²) in [7, 11) is 0. The number of amides is 1. The number of benzene rings is 1. The molecule has 1 amide bonds. The van der Waals surface area contributed by atoms with Crippen LogP contribution in [0.3, 0.4) is 0 Å². The highest BCUT2D eigenvalue weighted by atomic mass is 79.9. The van der Waals surface area contributed by atoms with Crippen LogP contribution in [0.4, 0.5) is 4.39 Å². The smallest absolute Gasteiger partial charge is 0.328 e. The summed E-state index contributed by atoms with van der Waals surface area (Å²) in [4.78, 5) is 23.7. The van der Waals surface area contributed by atoms with E-state index >= 15 is 0 Å². The van der Waals surface area contributed by atoms with Gasteiger partial charge in [0.15, 0.2) is 0 Å². The average molecular weight is 346 g/mol. The molecule has 1 aromatic rings. The number of carbonyl (C=O) groups is 2. The summed E-state index contributed by atoms with van der Waals surface area (Å²) < 4.78 is 18.4. The van der Waals surface area contributed by atoms with Gasteiger partial charge in [0.1, 0.15) is 17.5 Å². The molecule has 20 heavy (non-hydrogen) atoms. The van der Waals surface area contributed by atoms with E-state index in [-0.39, 0.29) is 5.56 Å². The van der Waals surface area contributed by atoms with Gasteiger partial charge in [-0.3, -0.25) is 4.79 Å². The summed E-state index contributed by atoms with van der Waals surface area (Å²) in [5.41, 5.74) is -0.367. The molecule has 110 valence electrons. The lowest BCUT2D eigenvalue weighted by atomic mass is 10.2. The van der Waals surface area contributed by atoms with Gasteiger partial charge < -0.3 is 10.1 Å². The highest BCUT2D eigenvalue weighted by Gasteiger charge is 2.23. The van der Waals surface area contributed by atoms with Crippen LogP contribution in [0.2, 0.25) is 0 Å². The maximum Gasteiger partial charge on any atom is 0.328 e. The van der Waals surface area contributed by atoms with E-state index in [1.165, 1.54) is 25.1 Å². The minimum atomic E-state index is -0.793. The lowest BCUT2D eigenvalue weighted by Gasteiger charge is -2.22. The van der Waals surface area contributed by atoms with Gasteiger partial charge in [0.05, 0.1) is 5.56 Å². The third kappa shape index (κ3) is 4.92. The van der Waals surface area contributed by atoms with Crippen molar-refractivity contribution in [3.8, 4) is 0 Å². The van der Waals surface area contributed by atoms with Crippen molar-refractivity contribution in [1.29, 1.82) is 0 Å². The van der Waals surface area contributed by atoms with Crippen molar-refractivity contribution in [1.82, 2.24) is 5.32 Å². The fraction of sp³-hybridized carbons (Fsp3) is 0.429. The average Bonchev–Trinajstić information content (AvgIpc) is 2.26. The van der Waals surface area contributed by atoms with Crippen LogP contribution < -0.4 is 5.32 Å². The number of rotatable bonds is 3. The van der Waals surface area contributed by atoms with Crippen molar-refractivity contribution in [3.05, 3.63) is 34.1 Å². The molecule has 0 aliphatic heterocycles. The Morgan fingerprint density at radius 2 is 1.95 bits per heavy atom. The van der Waals surface area contributed by atoms with Crippen LogP contribution in [-0.4, -0.2) is 23.5 Å². The van der Waals surface area contributed by atoms with Crippen LogP contribution in [0.1, 0.15) is 38.1 Å². The summed E-state index contributed by atoms with van der Waals surface area (Å²) >= 11 is 3.11. The molecule has 1 rings (SSSR count). The molecular weight excluding hydrogens is 329 g/mol. The fourth-order valence-electron chi connectivity index (χ4n) is 1.40. The fourth-order valence-corrected chi connectivity index (χ4v) is 1.93. The minimum absolute atomic E-state index is 0.252. The summed E-state index contributed by atoms with van der Waals surface area (Å²) in [6, 6.07) is 2.92. The Balaban J connectivity index is 2.73. The Hall–Kier alpha value is -1.43. The van der Waals surface area contributed by atoms with Crippen molar-refractivity contribution < 1.29 is 18.7 Å². The molecule has 0 saturated carbocycles. The predicted molar refractivity (Wildman–Crippen MR) is 76.9 cm³/mol. The summed E-state index contributed by atoms with van der Waals surface area (Å²) in [5, 5.41) is 2.51. The summed E-state index contributed by atoms with van der Waals surface area (Å²) in [6.07, 6.45) is 0. The molecule has 0 saturated heterocycles. The normalized spacial score (nSPS) is 12.7. The topological polar surface area (TPSA) is 55.4 Å². The van der Waals surface area contributed by atoms with Gasteiger partial charge in [0, 0.05) is 4.47 Å². The van der Waals surface area contributed by atoms with Gasteiger partial charge in [-0.1, -0.05) is 0 Å². The first-order chi connectivity index (χ1) is 9.10. The third-order valence-electron chi connectivity index (χ3n) is 2.28. The number of carbonyl (C=O) groups excluding carboxylic acids is 2. The van der Waals surface area contributed by atoms with Crippen LogP contribution in [0.5, 0.6) is 0 Å². The molecule has 1 atom stereocenters. The van der Waals surface area contributed by atoms with Gasteiger partial charge >= 0.3 is 5.97 Å². The van der Waals surface area contributed by atoms with E-state index in [0.29, 0.717) is 4.47 Å². The molecule has 0 fully saturated rings. The first-order valence-electron chi connectivity index (χ1n) is 6.09. The molecule has 0 radical (unpaired) electrons. The van der Waals surface area contributed by atoms with Gasteiger partial charge in [-0.15, -0.1) is 0 Å². The number of hydrogen-bond acceptors (Lipinski definition) is 3. The van der Waals surface area contributed by atoms with Crippen LogP contribution in [-0.2, 0) is 9.53 Å². The first kappa shape index (κ1) is 16.6. The Labute approximate surface area is 125 Å². The second-order valence-electron chi connectivity index (χ2n) is 5.35. The van der Waals surface area contributed by atoms with E-state index in [1.807, 2.05) is 0 Å². The zero-order valence-electron chi connectivity index (χ0n) is 11.8. The van der Waals surface area contributed by atoms with Crippen LogP contribution in [0.15, 0.2) is 22.7 Å². The molecule has 0 unspecified atom stereocenters. The lowest BCUT2D eigenvalue weighted by molar-refractivity contribution is -0.156. The molecule has 1 aromatic carbocycles. The number of esters is 1. The highest BCUT2D eigenvalue weighted by Crippen LogP contribution is 2.18. The second-order valence-corrected chi connectivity index (χ2v) is 6.21. The summed E-state index contributed by atoms with van der Waals surface area (Å²) in [5.74, 6) is -1.45. The first-order valence-corrected chi connectivity index (χ1v) is 6.88. The summed E-state index contributed by atoms with van der Waals surface area (Å²) in [6.45, 7) is 6.77. The second kappa shape index (κ2) is 6.35. The number of ether oxygens (including phenoxy) is 1. The van der Waals surface area contributed by atoms with E-state index in [9.17, 15) is 14.0 Å². The van der Waals surface area contributed by atoms with E-state index < -0.39 is 29.3 Å². The van der Waals surface area contributed by atoms with Crippen LogP contribution in [0.25, 0.3) is 0 Å². The molecule has 4 nitrogen and oxygen atoms in total. The number of halogens is 2. The van der Waals surface area contributed by atoms with Crippen molar-refractivity contribution in [3.63, 3.8) is 0 Å². The monoisotopic (exact) mass is 345 g/mol. The minimum Gasteiger partial charge on any atom is -0.458 e.